The number of rotatable bonds is 6. The number of nitrogens with two attached hydrogens (primary N) is 1. The van der Waals surface area contributed by atoms with E-state index in [1.165, 1.54) is 0 Å². The summed E-state index contributed by atoms with van der Waals surface area (Å²) in [5.74, 6) is 3.21. The molecule has 5 rings (SSSR count). The van der Waals surface area contributed by atoms with Crippen molar-refractivity contribution in [3.63, 3.8) is 0 Å². The molecule has 1 aliphatic carbocycles. The fourth-order valence-corrected chi connectivity index (χ4v) is 5.01. The number of para-hydroxylation sites is 1. The Hall–Kier alpha value is -3.55. The molecule has 0 saturated heterocycles. The predicted molar refractivity (Wildman–Crippen MR) is 129 cm³/mol. The maximum atomic E-state index is 11.3. The maximum absolute atomic E-state index is 11.3. The first-order valence-corrected chi connectivity index (χ1v) is 11.7. The molecule has 1 amide bonds. The molecule has 0 atom stereocenters. The lowest BCUT2D eigenvalue weighted by molar-refractivity contribution is -0.119. The third-order valence-electron chi connectivity index (χ3n) is 6.63. The summed E-state index contributed by atoms with van der Waals surface area (Å²) in [5.41, 5.74) is 9.85. The van der Waals surface area contributed by atoms with Gasteiger partial charge < -0.3 is 20.8 Å². The number of benzene rings is 1. The Kier molecular flexibility index (Phi) is 5.66. The van der Waals surface area contributed by atoms with Crippen LogP contribution in [0.5, 0.6) is 5.75 Å². The SMILES string of the molecule is CCOc1cccc2cc(-c3nc(C4CCC(CNC(C)=O)CC4)n4ccnc(N)c34)[nH]c12. The molecule has 0 bridgehead atoms. The maximum Gasteiger partial charge on any atom is 0.216 e. The largest absolute Gasteiger partial charge is 0.492 e. The van der Waals surface area contributed by atoms with Gasteiger partial charge in [-0.25, -0.2) is 9.97 Å². The minimum Gasteiger partial charge on any atom is -0.492 e. The van der Waals surface area contributed by atoms with Crippen LogP contribution in [-0.2, 0) is 4.79 Å². The van der Waals surface area contributed by atoms with Crippen molar-refractivity contribution >= 4 is 28.1 Å². The van der Waals surface area contributed by atoms with Gasteiger partial charge in [-0.2, -0.15) is 0 Å². The van der Waals surface area contributed by atoms with Crippen LogP contribution in [0.4, 0.5) is 5.82 Å². The van der Waals surface area contributed by atoms with Crippen LogP contribution in [0.2, 0.25) is 0 Å². The molecule has 4 N–H and O–H groups in total. The molecular formula is C25H30N6O2. The summed E-state index contributed by atoms with van der Waals surface area (Å²) in [4.78, 5) is 24.2. The average Bonchev–Trinajstić information content (AvgIpc) is 3.41. The van der Waals surface area contributed by atoms with E-state index < -0.39 is 0 Å². The molecule has 1 saturated carbocycles. The molecule has 1 aromatic carbocycles. The van der Waals surface area contributed by atoms with Crippen LogP contribution in [0.15, 0.2) is 36.7 Å². The monoisotopic (exact) mass is 446 g/mol. The summed E-state index contributed by atoms with van der Waals surface area (Å²) < 4.78 is 7.91. The van der Waals surface area contributed by atoms with E-state index in [9.17, 15) is 4.79 Å². The fourth-order valence-electron chi connectivity index (χ4n) is 5.01. The summed E-state index contributed by atoms with van der Waals surface area (Å²) in [5, 5.41) is 4.03. The minimum atomic E-state index is 0.0369. The molecule has 0 radical (unpaired) electrons. The second-order valence-electron chi connectivity index (χ2n) is 8.84. The van der Waals surface area contributed by atoms with Gasteiger partial charge in [-0.3, -0.25) is 9.20 Å². The number of imidazole rings is 1. The van der Waals surface area contributed by atoms with E-state index in [0.717, 1.165) is 71.6 Å². The van der Waals surface area contributed by atoms with Crippen LogP contribution in [0.1, 0.15) is 51.3 Å². The van der Waals surface area contributed by atoms with Crippen molar-refractivity contribution in [2.24, 2.45) is 5.92 Å². The topological polar surface area (TPSA) is 110 Å². The normalized spacial score (nSPS) is 18.6. The van der Waals surface area contributed by atoms with E-state index in [4.69, 9.17) is 15.5 Å². The smallest absolute Gasteiger partial charge is 0.216 e. The summed E-state index contributed by atoms with van der Waals surface area (Å²) in [6.07, 6.45) is 7.89. The van der Waals surface area contributed by atoms with Crippen LogP contribution in [0.25, 0.3) is 27.8 Å². The Balaban J connectivity index is 1.51. The zero-order chi connectivity index (χ0) is 22.9. The molecule has 1 fully saturated rings. The number of anilines is 1. The highest BCUT2D eigenvalue weighted by Gasteiger charge is 2.28. The Morgan fingerprint density at radius 1 is 1.30 bits per heavy atom. The van der Waals surface area contributed by atoms with E-state index >= 15 is 0 Å². The zero-order valence-corrected chi connectivity index (χ0v) is 19.1. The molecule has 0 spiro atoms. The van der Waals surface area contributed by atoms with Crippen LogP contribution in [-0.4, -0.2) is 38.4 Å². The van der Waals surface area contributed by atoms with Crippen molar-refractivity contribution in [2.45, 2.75) is 45.4 Å². The molecule has 8 nitrogen and oxygen atoms in total. The molecule has 3 heterocycles. The highest BCUT2D eigenvalue weighted by Crippen LogP contribution is 2.39. The quantitative estimate of drug-likeness (QED) is 0.410. The first-order chi connectivity index (χ1) is 16.0. The number of aromatic amines is 1. The number of aromatic nitrogens is 4. The van der Waals surface area contributed by atoms with E-state index in [1.54, 1.807) is 13.1 Å². The molecule has 0 aliphatic heterocycles. The van der Waals surface area contributed by atoms with Gasteiger partial charge in [0, 0.05) is 37.2 Å². The number of carbonyl (C=O) groups excluding carboxylic acids is 1. The molecule has 0 unspecified atom stereocenters. The van der Waals surface area contributed by atoms with Gasteiger partial charge in [0.25, 0.3) is 0 Å². The third-order valence-corrected chi connectivity index (χ3v) is 6.63. The lowest BCUT2D eigenvalue weighted by atomic mass is 9.81. The van der Waals surface area contributed by atoms with Crippen LogP contribution in [0, 0.1) is 5.92 Å². The molecule has 8 heteroatoms. The summed E-state index contributed by atoms with van der Waals surface area (Å²) in [7, 11) is 0. The predicted octanol–water partition coefficient (Wildman–Crippen LogP) is 4.27. The lowest BCUT2D eigenvalue weighted by Crippen LogP contribution is -2.29. The van der Waals surface area contributed by atoms with Gasteiger partial charge >= 0.3 is 0 Å². The van der Waals surface area contributed by atoms with E-state index in [-0.39, 0.29) is 5.91 Å². The van der Waals surface area contributed by atoms with Crippen molar-refractivity contribution in [1.82, 2.24) is 24.7 Å². The number of H-pyrrole nitrogens is 1. The van der Waals surface area contributed by atoms with Crippen molar-refractivity contribution in [2.75, 3.05) is 18.9 Å². The van der Waals surface area contributed by atoms with Crippen molar-refractivity contribution < 1.29 is 9.53 Å². The Morgan fingerprint density at radius 2 is 2.12 bits per heavy atom. The van der Waals surface area contributed by atoms with E-state index in [0.29, 0.717) is 24.3 Å². The van der Waals surface area contributed by atoms with Crippen LogP contribution < -0.4 is 15.8 Å². The van der Waals surface area contributed by atoms with Crippen molar-refractivity contribution in [3.8, 4) is 17.1 Å². The number of ether oxygens (including phenoxy) is 1. The van der Waals surface area contributed by atoms with E-state index in [1.807, 2.05) is 25.3 Å². The van der Waals surface area contributed by atoms with Gasteiger partial charge in [0.05, 0.1) is 17.8 Å². The number of nitrogens with zero attached hydrogens (tertiary/aromatic N) is 3. The van der Waals surface area contributed by atoms with E-state index in [2.05, 4.69) is 31.8 Å². The minimum absolute atomic E-state index is 0.0369. The third kappa shape index (κ3) is 4.01. The lowest BCUT2D eigenvalue weighted by Gasteiger charge is -2.27. The highest BCUT2D eigenvalue weighted by molar-refractivity contribution is 5.93. The second kappa shape index (κ2) is 8.77. The average molecular weight is 447 g/mol. The molecular weight excluding hydrogens is 416 g/mol. The van der Waals surface area contributed by atoms with Gasteiger partial charge in [-0.05, 0) is 50.7 Å². The van der Waals surface area contributed by atoms with Gasteiger partial charge in [-0.1, -0.05) is 12.1 Å². The number of amides is 1. The van der Waals surface area contributed by atoms with Crippen molar-refractivity contribution in [3.05, 3.63) is 42.5 Å². The van der Waals surface area contributed by atoms with Gasteiger partial charge in [-0.15, -0.1) is 0 Å². The summed E-state index contributed by atoms with van der Waals surface area (Å²) in [6, 6.07) is 8.13. The second-order valence-corrected chi connectivity index (χ2v) is 8.84. The molecule has 1 aliphatic rings. The number of hydrogen-bond donors (Lipinski definition) is 3. The molecule has 4 aromatic rings. The standard InChI is InChI=1S/C25H30N6O2/c1-3-33-20-6-4-5-18-13-19(29-21(18)20)22-23-24(26)27-11-12-31(23)25(30-22)17-9-7-16(8-10-17)14-28-15(2)32/h4-6,11-13,16-17,29H,3,7-10,14H2,1-2H3,(H2,26,27)(H,28,32). The summed E-state index contributed by atoms with van der Waals surface area (Å²) in [6.45, 7) is 4.91. The number of nitrogen functional groups attached to an aromatic ring is 1. The number of fused-ring (bicyclic) bond motifs is 2. The summed E-state index contributed by atoms with van der Waals surface area (Å²) >= 11 is 0. The number of hydrogen-bond acceptors (Lipinski definition) is 5. The van der Waals surface area contributed by atoms with Crippen molar-refractivity contribution in [1.29, 1.82) is 0 Å². The molecule has 172 valence electrons. The highest BCUT2D eigenvalue weighted by atomic mass is 16.5. The van der Waals surface area contributed by atoms with Crippen LogP contribution >= 0.6 is 0 Å². The zero-order valence-electron chi connectivity index (χ0n) is 19.1. The van der Waals surface area contributed by atoms with Crippen LogP contribution in [0.3, 0.4) is 0 Å². The first kappa shape index (κ1) is 21.3. The van der Waals surface area contributed by atoms with Gasteiger partial charge in [0.2, 0.25) is 5.91 Å². The van der Waals surface area contributed by atoms with Gasteiger partial charge in [0.15, 0.2) is 0 Å². The molecule has 33 heavy (non-hydrogen) atoms. The van der Waals surface area contributed by atoms with Gasteiger partial charge in [0.1, 0.15) is 28.6 Å². The number of carbonyl (C=O) groups is 1. The fraction of sp³-hybridized carbons (Fsp3) is 0.400. The number of nitrogens with one attached hydrogen (secondary N) is 2. The first-order valence-electron chi connectivity index (χ1n) is 11.7. The Bertz CT molecular complexity index is 1300. The molecule has 3 aromatic heterocycles. The Morgan fingerprint density at radius 3 is 2.88 bits per heavy atom. The Labute approximate surface area is 192 Å².